The van der Waals surface area contributed by atoms with Crippen LogP contribution < -0.4 is 5.43 Å². The van der Waals surface area contributed by atoms with Gasteiger partial charge in [0.2, 0.25) is 0 Å². The first-order valence-corrected chi connectivity index (χ1v) is 6.42. The lowest BCUT2D eigenvalue weighted by Gasteiger charge is -2.05. The molecule has 0 amide bonds. The van der Waals surface area contributed by atoms with Gasteiger partial charge in [0, 0.05) is 20.2 Å². The zero-order valence-electron chi connectivity index (χ0n) is 9.78. The Bertz CT molecular complexity index is 721. The van der Waals surface area contributed by atoms with Gasteiger partial charge in [0.05, 0.1) is 0 Å². The topological polar surface area (TPSA) is 17.1 Å². The van der Waals surface area contributed by atoms with Gasteiger partial charge < -0.3 is 0 Å². The highest BCUT2D eigenvalue weighted by Crippen LogP contribution is 2.28. The normalized spacial score (nSPS) is 11.2. The molecule has 0 bridgehead atoms. The summed E-state index contributed by atoms with van der Waals surface area (Å²) in [6, 6.07) is 11.9. The Labute approximate surface area is 103 Å². The summed E-state index contributed by atoms with van der Waals surface area (Å²) in [5.74, 6) is 0. The van der Waals surface area contributed by atoms with Crippen molar-refractivity contribution >= 4 is 31.5 Å². The molecule has 0 aliphatic rings. The molecule has 0 aliphatic carbocycles. The van der Waals surface area contributed by atoms with Crippen molar-refractivity contribution < 1.29 is 0 Å². The van der Waals surface area contributed by atoms with Crippen LogP contribution in [0.1, 0.15) is 11.1 Å². The van der Waals surface area contributed by atoms with Crippen molar-refractivity contribution in [3.05, 3.63) is 57.7 Å². The summed E-state index contributed by atoms with van der Waals surface area (Å²) >= 11 is 1.72. The molecule has 0 radical (unpaired) electrons. The first kappa shape index (κ1) is 10.5. The van der Waals surface area contributed by atoms with Gasteiger partial charge in [-0.1, -0.05) is 24.3 Å². The highest BCUT2D eigenvalue weighted by molar-refractivity contribution is 7.24. The van der Waals surface area contributed by atoms with Gasteiger partial charge in [0.15, 0.2) is 5.43 Å². The maximum atomic E-state index is 12.4. The predicted molar refractivity (Wildman–Crippen MR) is 75.1 cm³/mol. The molecular formula is C15H12OS. The third-order valence-electron chi connectivity index (χ3n) is 3.12. The van der Waals surface area contributed by atoms with Crippen LogP contribution in [0.2, 0.25) is 0 Å². The van der Waals surface area contributed by atoms with Gasteiger partial charge >= 0.3 is 0 Å². The molecule has 0 saturated heterocycles. The van der Waals surface area contributed by atoms with Crippen LogP contribution in [-0.2, 0) is 0 Å². The van der Waals surface area contributed by atoms with E-state index >= 15 is 0 Å². The standard InChI is InChI=1S/C15H12OS/c1-9-5-3-7-11-13(16)12-8-4-6-10(2)15(12)17-14(9)11/h3-8H,1-2H3. The molecule has 0 atom stereocenters. The number of hydrogen-bond donors (Lipinski definition) is 0. The van der Waals surface area contributed by atoms with Crippen molar-refractivity contribution in [2.75, 3.05) is 0 Å². The molecule has 1 heterocycles. The second-order valence-electron chi connectivity index (χ2n) is 4.33. The van der Waals surface area contributed by atoms with Gasteiger partial charge in [-0.05, 0) is 37.1 Å². The average molecular weight is 240 g/mol. The van der Waals surface area contributed by atoms with Crippen LogP contribution in [0.3, 0.4) is 0 Å². The molecule has 3 rings (SSSR count). The Morgan fingerprint density at radius 3 is 1.76 bits per heavy atom. The Morgan fingerprint density at radius 1 is 0.824 bits per heavy atom. The molecular weight excluding hydrogens is 228 g/mol. The lowest BCUT2D eigenvalue weighted by atomic mass is 10.1. The van der Waals surface area contributed by atoms with Gasteiger partial charge in [0.25, 0.3) is 0 Å². The van der Waals surface area contributed by atoms with Crippen LogP contribution in [-0.4, -0.2) is 0 Å². The largest absolute Gasteiger partial charge is 0.289 e. The number of hydrogen-bond acceptors (Lipinski definition) is 2. The first-order valence-electron chi connectivity index (χ1n) is 5.60. The Balaban J connectivity index is 2.68. The van der Waals surface area contributed by atoms with Crippen molar-refractivity contribution in [1.29, 1.82) is 0 Å². The Hall–Kier alpha value is -1.67. The number of fused-ring (bicyclic) bond motifs is 2. The SMILES string of the molecule is Cc1cccc2c(=O)c3cccc(C)c3sc12. The molecule has 0 spiro atoms. The van der Waals surface area contributed by atoms with Crippen LogP contribution in [0, 0.1) is 13.8 Å². The molecule has 0 aliphatic heterocycles. The van der Waals surface area contributed by atoms with Crippen molar-refractivity contribution in [2.24, 2.45) is 0 Å². The molecule has 3 aromatic rings. The summed E-state index contributed by atoms with van der Waals surface area (Å²) in [6.07, 6.45) is 0. The summed E-state index contributed by atoms with van der Waals surface area (Å²) in [7, 11) is 0. The van der Waals surface area contributed by atoms with Crippen molar-refractivity contribution in [3.63, 3.8) is 0 Å². The second kappa shape index (κ2) is 3.67. The summed E-state index contributed by atoms with van der Waals surface area (Å²) in [4.78, 5) is 12.4. The van der Waals surface area contributed by atoms with E-state index in [1.165, 1.54) is 11.1 Å². The van der Waals surface area contributed by atoms with E-state index in [4.69, 9.17) is 0 Å². The Kier molecular flexibility index (Phi) is 2.26. The molecule has 0 fully saturated rings. The van der Waals surface area contributed by atoms with Gasteiger partial charge in [-0.2, -0.15) is 0 Å². The molecule has 0 N–H and O–H groups in total. The van der Waals surface area contributed by atoms with E-state index in [1.54, 1.807) is 11.3 Å². The first-order chi connectivity index (χ1) is 8.18. The zero-order chi connectivity index (χ0) is 12.0. The van der Waals surface area contributed by atoms with Crippen molar-refractivity contribution in [3.8, 4) is 0 Å². The zero-order valence-corrected chi connectivity index (χ0v) is 10.6. The van der Waals surface area contributed by atoms with E-state index in [2.05, 4.69) is 26.0 Å². The summed E-state index contributed by atoms with van der Waals surface area (Å²) < 4.78 is 2.22. The molecule has 1 aromatic heterocycles. The van der Waals surface area contributed by atoms with Gasteiger partial charge in [-0.3, -0.25) is 4.79 Å². The van der Waals surface area contributed by atoms with Gasteiger partial charge in [-0.25, -0.2) is 0 Å². The predicted octanol–water partition coefficient (Wildman–Crippen LogP) is 4.03. The lowest BCUT2D eigenvalue weighted by Crippen LogP contribution is -2.01. The maximum Gasteiger partial charge on any atom is 0.195 e. The molecule has 0 saturated carbocycles. The smallest absolute Gasteiger partial charge is 0.195 e. The minimum absolute atomic E-state index is 0.154. The maximum absolute atomic E-state index is 12.4. The molecule has 17 heavy (non-hydrogen) atoms. The van der Waals surface area contributed by atoms with E-state index in [-0.39, 0.29) is 5.43 Å². The highest BCUT2D eigenvalue weighted by Gasteiger charge is 2.08. The fourth-order valence-electron chi connectivity index (χ4n) is 2.18. The van der Waals surface area contributed by atoms with E-state index < -0.39 is 0 Å². The Morgan fingerprint density at radius 2 is 1.29 bits per heavy atom. The number of benzene rings is 2. The minimum atomic E-state index is 0.154. The van der Waals surface area contributed by atoms with Crippen LogP contribution in [0.5, 0.6) is 0 Å². The number of rotatable bonds is 0. The fourth-order valence-corrected chi connectivity index (χ4v) is 3.38. The highest BCUT2D eigenvalue weighted by atomic mass is 32.1. The molecule has 84 valence electrons. The molecule has 1 nitrogen and oxygen atoms in total. The van der Waals surface area contributed by atoms with E-state index in [0.717, 1.165) is 20.2 Å². The summed E-state index contributed by atoms with van der Waals surface area (Å²) in [6.45, 7) is 4.12. The minimum Gasteiger partial charge on any atom is -0.289 e. The summed E-state index contributed by atoms with van der Waals surface area (Å²) in [5, 5.41) is 1.68. The van der Waals surface area contributed by atoms with Crippen molar-refractivity contribution in [1.82, 2.24) is 0 Å². The quantitative estimate of drug-likeness (QED) is 0.542. The van der Waals surface area contributed by atoms with Gasteiger partial charge in [0.1, 0.15) is 0 Å². The van der Waals surface area contributed by atoms with E-state index in [1.807, 2.05) is 24.3 Å². The summed E-state index contributed by atoms with van der Waals surface area (Å²) in [5.41, 5.74) is 2.51. The third-order valence-corrected chi connectivity index (χ3v) is 4.61. The van der Waals surface area contributed by atoms with Gasteiger partial charge in [-0.15, -0.1) is 11.3 Å². The van der Waals surface area contributed by atoms with Crippen LogP contribution >= 0.6 is 11.3 Å². The van der Waals surface area contributed by atoms with Crippen LogP contribution in [0.4, 0.5) is 0 Å². The van der Waals surface area contributed by atoms with E-state index in [9.17, 15) is 4.79 Å². The van der Waals surface area contributed by atoms with Crippen molar-refractivity contribution in [2.45, 2.75) is 13.8 Å². The third kappa shape index (κ3) is 1.48. The number of aryl methyl sites for hydroxylation is 2. The average Bonchev–Trinajstić information content (AvgIpc) is 2.32. The lowest BCUT2D eigenvalue weighted by molar-refractivity contribution is 1.54. The van der Waals surface area contributed by atoms with E-state index in [0.29, 0.717) is 0 Å². The monoisotopic (exact) mass is 240 g/mol. The van der Waals surface area contributed by atoms with Crippen LogP contribution in [0.25, 0.3) is 20.2 Å². The van der Waals surface area contributed by atoms with Crippen LogP contribution in [0.15, 0.2) is 41.2 Å². The molecule has 2 aromatic carbocycles. The fraction of sp³-hybridized carbons (Fsp3) is 0.133. The molecule has 0 unspecified atom stereocenters. The second-order valence-corrected chi connectivity index (χ2v) is 5.35. The molecule has 2 heteroatoms.